The Kier molecular flexibility index (Phi) is 6.00. The summed E-state index contributed by atoms with van der Waals surface area (Å²) in [6.07, 6.45) is 0.403. The van der Waals surface area contributed by atoms with Crippen molar-refractivity contribution in [3.63, 3.8) is 0 Å². The number of hydrogen-bond donors (Lipinski definition) is 4. The van der Waals surface area contributed by atoms with E-state index in [9.17, 15) is 14.0 Å². The van der Waals surface area contributed by atoms with Crippen LogP contribution in [0.2, 0.25) is 0 Å². The predicted molar refractivity (Wildman–Crippen MR) is 86.8 cm³/mol. The third-order valence-electron chi connectivity index (χ3n) is 3.42. The molecule has 7 heteroatoms. The highest BCUT2D eigenvalue weighted by Gasteiger charge is 2.13. The molecule has 2 amide bonds. The molecule has 6 nitrogen and oxygen atoms in total. The minimum Gasteiger partial charge on any atom is -0.326 e. The van der Waals surface area contributed by atoms with Crippen LogP contribution in [-0.4, -0.2) is 23.1 Å². The van der Waals surface area contributed by atoms with E-state index < -0.39 is 11.9 Å². The largest absolute Gasteiger partial charge is 0.326 e. The van der Waals surface area contributed by atoms with E-state index in [2.05, 4.69) is 5.32 Å². The Morgan fingerprint density at radius 3 is 2.21 bits per heavy atom. The second kappa shape index (κ2) is 8.19. The fraction of sp³-hybridized carbons (Fsp3) is 0.176. The van der Waals surface area contributed by atoms with Crippen molar-refractivity contribution in [1.29, 1.82) is 0 Å². The minimum atomic E-state index is -0.853. The normalized spacial score (nSPS) is 11.6. The topological polar surface area (TPSA) is 104 Å². The highest BCUT2D eigenvalue weighted by Crippen LogP contribution is 2.12. The van der Waals surface area contributed by atoms with Crippen LogP contribution in [0.15, 0.2) is 48.5 Å². The molecule has 2 aromatic rings. The summed E-state index contributed by atoms with van der Waals surface area (Å²) in [5, 5.41) is 11.3. The number of hydroxylamine groups is 1. The molecule has 2 aromatic carbocycles. The summed E-state index contributed by atoms with van der Waals surface area (Å²) in [4.78, 5) is 23.1. The molecule has 5 N–H and O–H groups in total. The molecular weight excluding hydrogens is 313 g/mol. The van der Waals surface area contributed by atoms with Crippen LogP contribution in [0, 0.1) is 5.82 Å². The number of halogens is 1. The Hall–Kier alpha value is -2.77. The van der Waals surface area contributed by atoms with Gasteiger partial charge >= 0.3 is 0 Å². The zero-order chi connectivity index (χ0) is 17.5. The van der Waals surface area contributed by atoms with Gasteiger partial charge in [-0.2, -0.15) is 0 Å². The fourth-order valence-electron chi connectivity index (χ4n) is 2.15. The molecule has 0 saturated carbocycles. The quantitative estimate of drug-likeness (QED) is 0.474. The van der Waals surface area contributed by atoms with Gasteiger partial charge in [0.2, 0.25) is 5.91 Å². The number of carbonyl (C=O) groups excluding carboxylic acids is 2. The Morgan fingerprint density at radius 1 is 1.04 bits per heavy atom. The third-order valence-corrected chi connectivity index (χ3v) is 3.42. The molecule has 0 fully saturated rings. The first-order valence-corrected chi connectivity index (χ1v) is 7.30. The third kappa shape index (κ3) is 5.15. The highest BCUT2D eigenvalue weighted by molar-refractivity contribution is 5.92. The van der Waals surface area contributed by atoms with Crippen molar-refractivity contribution in [2.75, 3.05) is 5.32 Å². The number of carbonyl (C=O) groups is 2. The molecule has 0 aliphatic rings. The minimum absolute atomic E-state index is 0.142. The van der Waals surface area contributed by atoms with Crippen LogP contribution >= 0.6 is 0 Å². The number of benzene rings is 2. The summed E-state index contributed by atoms with van der Waals surface area (Å²) in [7, 11) is 0. The summed E-state index contributed by atoms with van der Waals surface area (Å²) < 4.78 is 12.8. The lowest BCUT2D eigenvalue weighted by Gasteiger charge is -2.10. The maximum atomic E-state index is 12.8. The van der Waals surface area contributed by atoms with E-state index >= 15 is 0 Å². The summed E-state index contributed by atoms with van der Waals surface area (Å²) in [6.45, 7) is 0. The van der Waals surface area contributed by atoms with E-state index in [4.69, 9.17) is 10.9 Å². The van der Waals surface area contributed by atoms with E-state index in [-0.39, 0.29) is 24.6 Å². The lowest BCUT2D eigenvalue weighted by molar-refractivity contribution is -0.130. The Labute approximate surface area is 138 Å². The van der Waals surface area contributed by atoms with Gasteiger partial charge in [0.15, 0.2) is 0 Å². The molecule has 0 saturated heterocycles. The van der Waals surface area contributed by atoms with Gasteiger partial charge in [-0.25, -0.2) is 9.87 Å². The van der Waals surface area contributed by atoms with Gasteiger partial charge in [0, 0.05) is 5.69 Å². The van der Waals surface area contributed by atoms with E-state index in [0.29, 0.717) is 11.3 Å². The van der Waals surface area contributed by atoms with Crippen LogP contribution in [0.25, 0.3) is 0 Å². The van der Waals surface area contributed by atoms with Crippen molar-refractivity contribution < 1.29 is 19.2 Å². The number of nitrogens with one attached hydrogen (secondary N) is 2. The second-order valence-electron chi connectivity index (χ2n) is 5.34. The molecule has 126 valence electrons. The Morgan fingerprint density at radius 2 is 1.62 bits per heavy atom. The molecule has 2 rings (SSSR count). The molecular formula is C17H18FN3O3. The average Bonchev–Trinajstić information content (AvgIpc) is 2.58. The highest BCUT2D eigenvalue weighted by atomic mass is 19.1. The van der Waals surface area contributed by atoms with Crippen LogP contribution in [0.4, 0.5) is 10.1 Å². The van der Waals surface area contributed by atoms with E-state index in [1.54, 1.807) is 36.4 Å². The van der Waals surface area contributed by atoms with E-state index in [1.807, 2.05) is 0 Å². The van der Waals surface area contributed by atoms with Gasteiger partial charge < -0.3 is 11.1 Å². The second-order valence-corrected chi connectivity index (χ2v) is 5.34. The Balaban J connectivity index is 1.90. The lowest BCUT2D eigenvalue weighted by Crippen LogP contribution is -2.40. The van der Waals surface area contributed by atoms with Crippen LogP contribution < -0.4 is 16.5 Å². The van der Waals surface area contributed by atoms with Gasteiger partial charge in [-0.3, -0.25) is 14.8 Å². The molecule has 0 aliphatic carbocycles. The molecule has 0 aliphatic heterocycles. The van der Waals surface area contributed by atoms with Gasteiger partial charge in [0.25, 0.3) is 5.91 Å². The molecule has 0 bridgehead atoms. The zero-order valence-electron chi connectivity index (χ0n) is 12.8. The van der Waals surface area contributed by atoms with Gasteiger partial charge in [0.1, 0.15) is 5.82 Å². The summed E-state index contributed by atoms with van der Waals surface area (Å²) in [5.74, 6) is -1.22. The van der Waals surface area contributed by atoms with Crippen LogP contribution in [0.5, 0.6) is 0 Å². The summed E-state index contributed by atoms with van der Waals surface area (Å²) >= 11 is 0. The average molecular weight is 331 g/mol. The maximum absolute atomic E-state index is 12.8. The van der Waals surface area contributed by atoms with Gasteiger partial charge in [-0.1, -0.05) is 24.3 Å². The first kappa shape index (κ1) is 17.6. The summed E-state index contributed by atoms with van der Waals surface area (Å²) in [5.41, 5.74) is 9.22. The first-order chi connectivity index (χ1) is 11.5. The van der Waals surface area contributed by atoms with Crippen molar-refractivity contribution in [3.8, 4) is 0 Å². The van der Waals surface area contributed by atoms with Gasteiger partial charge in [0.05, 0.1) is 12.5 Å². The monoisotopic (exact) mass is 331 g/mol. The number of hydrogen-bond acceptors (Lipinski definition) is 4. The van der Waals surface area contributed by atoms with Crippen LogP contribution in [0.3, 0.4) is 0 Å². The fourth-order valence-corrected chi connectivity index (χ4v) is 2.15. The van der Waals surface area contributed by atoms with Crippen LogP contribution in [0.1, 0.15) is 11.1 Å². The first-order valence-electron chi connectivity index (χ1n) is 7.30. The molecule has 0 spiro atoms. The zero-order valence-corrected chi connectivity index (χ0v) is 12.8. The Bertz CT molecular complexity index is 702. The lowest BCUT2D eigenvalue weighted by atomic mass is 10.1. The molecule has 1 atom stereocenters. The SMILES string of the molecule is N[C@@H](Cc1ccc(NC(=O)Cc2ccc(F)cc2)cc1)C(=O)NO. The van der Waals surface area contributed by atoms with E-state index in [1.165, 1.54) is 17.6 Å². The standard InChI is InChI=1S/C17H18FN3O3/c18-13-5-1-12(2-6-13)10-16(22)20-14-7-3-11(4-8-14)9-15(19)17(23)21-24/h1-8,15,24H,9-10,19H2,(H,20,22)(H,21,23)/t15-/m0/s1. The number of nitrogens with two attached hydrogens (primary N) is 1. The van der Waals surface area contributed by atoms with Gasteiger partial charge in [-0.15, -0.1) is 0 Å². The maximum Gasteiger partial charge on any atom is 0.260 e. The molecule has 24 heavy (non-hydrogen) atoms. The summed E-state index contributed by atoms with van der Waals surface area (Å²) in [6, 6.07) is 11.7. The number of rotatable bonds is 6. The molecule has 0 radical (unpaired) electrons. The smallest absolute Gasteiger partial charge is 0.260 e. The van der Waals surface area contributed by atoms with Crippen molar-refractivity contribution in [2.45, 2.75) is 18.9 Å². The van der Waals surface area contributed by atoms with Crippen molar-refractivity contribution in [2.24, 2.45) is 5.73 Å². The molecule has 0 aromatic heterocycles. The van der Waals surface area contributed by atoms with Crippen LogP contribution in [-0.2, 0) is 22.4 Å². The van der Waals surface area contributed by atoms with E-state index in [0.717, 1.165) is 5.56 Å². The van der Waals surface area contributed by atoms with Crippen molar-refractivity contribution in [3.05, 3.63) is 65.5 Å². The number of anilines is 1. The number of amides is 2. The van der Waals surface area contributed by atoms with Gasteiger partial charge in [-0.05, 0) is 41.8 Å². The predicted octanol–water partition coefficient (Wildman–Crippen LogP) is 1.38. The van der Waals surface area contributed by atoms with Crippen molar-refractivity contribution >= 4 is 17.5 Å². The van der Waals surface area contributed by atoms with Crippen molar-refractivity contribution in [1.82, 2.24) is 5.48 Å². The molecule has 0 heterocycles. The molecule has 0 unspecified atom stereocenters.